The summed E-state index contributed by atoms with van der Waals surface area (Å²) in [5.74, 6) is 0. The predicted octanol–water partition coefficient (Wildman–Crippen LogP) is 3.85. The van der Waals surface area contributed by atoms with Crippen LogP contribution in [0.1, 0.15) is 5.56 Å². The monoisotopic (exact) mass is 222 g/mol. The molecule has 0 aliphatic heterocycles. The lowest BCUT2D eigenvalue weighted by molar-refractivity contribution is -0.297. The van der Waals surface area contributed by atoms with Crippen molar-refractivity contribution in [3.63, 3.8) is 0 Å². The van der Waals surface area contributed by atoms with Crippen LogP contribution in [0.5, 0.6) is 0 Å². The summed E-state index contributed by atoms with van der Waals surface area (Å²) in [6, 6.07) is 6.40. The average molecular weight is 223 g/mol. The second-order valence-corrected chi connectivity index (χ2v) is 2.86. The fraction of sp³-hybridized carbons (Fsp3) is 0.111. The van der Waals surface area contributed by atoms with Crippen LogP contribution in [0.4, 0.5) is 13.2 Å². The van der Waals surface area contributed by atoms with Crippen LogP contribution in [-0.4, -0.2) is 6.36 Å². The van der Waals surface area contributed by atoms with Gasteiger partial charge in [-0.05, 0) is 23.8 Å². The summed E-state index contributed by atoms with van der Waals surface area (Å²) in [6.45, 7) is 0. The molecule has 0 unspecified atom stereocenters. The Morgan fingerprint density at radius 1 is 1.29 bits per heavy atom. The van der Waals surface area contributed by atoms with Gasteiger partial charge in [-0.25, -0.2) is 0 Å². The molecular weight excluding hydrogens is 217 g/mol. The Hall–Kier alpha value is -1.16. The van der Waals surface area contributed by atoms with Crippen molar-refractivity contribution < 1.29 is 17.9 Å². The Balaban J connectivity index is 2.61. The summed E-state index contributed by atoms with van der Waals surface area (Å²) in [5, 5.41) is 0.458. The van der Waals surface area contributed by atoms with Crippen LogP contribution in [-0.2, 0) is 4.74 Å². The lowest BCUT2D eigenvalue weighted by Crippen LogP contribution is -2.08. The highest BCUT2D eigenvalue weighted by Gasteiger charge is 2.28. The van der Waals surface area contributed by atoms with Gasteiger partial charge in [-0.15, -0.1) is 13.2 Å². The minimum atomic E-state index is -4.64. The summed E-state index contributed by atoms with van der Waals surface area (Å²) in [5.41, 5.74) is 0.543. The van der Waals surface area contributed by atoms with Crippen molar-refractivity contribution in [1.82, 2.24) is 0 Å². The second-order valence-electron chi connectivity index (χ2n) is 2.42. The molecule has 14 heavy (non-hydrogen) atoms. The van der Waals surface area contributed by atoms with Crippen molar-refractivity contribution in [2.24, 2.45) is 0 Å². The molecule has 1 nitrogen and oxygen atoms in total. The Bertz CT molecular complexity index is 333. The van der Waals surface area contributed by atoms with Crippen LogP contribution in [0.25, 0.3) is 6.08 Å². The van der Waals surface area contributed by atoms with Crippen molar-refractivity contribution in [3.05, 3.63) is 41.1 Å². The number of benzene rings is 1. The molecule has 0 aliphatic rings. The van der Waals surface area contributed by atoms with Gasteiger partial charge in [0.2, 0.25) is 0 Å². The van der Waals surface area contributed by atoms with E-state index in [2.05, 4.69) is 4.74 Å². The first kappa shape index (κ1) is 10.9. The van der Waals surface area contributed by atoms with Gasteiger partial charge in [-0.2, -0.15) is 0 Å². The van der Waals surface area contributed by atoms with Gasteiger partial charge in [-0.3, -0.25) is 0 Å². The highest BCUT2D eigenvalue weighted by Crippen LogP contribution is 2.18. The zero-order valence-electron chi connectivity index (χ0n) is 6.88. The topological polar surface area (TPSA) is 9.23 Å². The van der Waals surface area contributed by atoms with E-state index in [0.717, 1.165) is 0 Å². The zero-order chi connectivity index (χ0) is 10.6. The molecule has 0 fully saturated rings. The van der Waals surface area contributed by atoms with Crippen LogP contribution in [0.15, 0.2) is 30.5 Å². The minimum absolute atomic E-state index is 0.458. The fourth-order valence-corrected chi connectivity index (χ4v) is 0.999. The summed E-state index contributed by atoms with van der Waals surface area (Å²) in [7, 11) is 0. The maximum atomic E-state index is 11.5. The molecule has 0 aliphatic carbocycles. The number of halogens is 4. The summed E-state index contributed by atoms with van der Waals surface area (Å²) < 4.78 is 38.1. The van der Waals surface area contributed by atoms with Gasteiger partial charge in [-0.1, -0.05) is 23.7 Å². The Labute approximate surface area is 83.8 Å². The number of hydrogen-bond donors (Lipinski definition) is 0. The average Bonchev–Trinajstić information content (AvgIpc) is 2.01. The quantitative estimate of drug-likeness (QED) is 0.691. The van der Waals surface area contributed by atoms with E-state index < -0.39 is 6.36 Å². The Morgan fingerprint density at radius 2 is 2.00 bits per heavy atom. The molecule has 0 bridgehead atoms. The third-order valence-electron chi connectivity index (χ3n) is 1.31. The Morgan fingerprint density at radius 3 is 2.57 bits per heavy atom. The largest absolute Gasteiger partial charge is 0.572 e. The molecule has 0 heterocycles. The fourth-order valence-electron chi connectivity index (χ4n) is 0.800. The van der Waals surface area contributed by atoms with Gasteiger partial charge in [0.05, 0.1) is 6.26 Å². The molecule has 0 radical (unpaired) electrons. The molecule has 0 saturated heterocycles. The van der Waals surface area contributed by atoms with Crippen LogP contribution >= 0.6 is 11.6 Å². The normalized spacial score (nSPS) is 12.0. The molecule has 0 aromatic heterocycles. The highest BCUT2D eigenvalue weighted by atomic mass is 35.5. The van der Waals surface area contributed by atoms with Gasteiger partial charge in [0, 0.05) is 5.02 Å². The SMILES string of the molecule is FC(F)(F)OC=Cc1cccc(Cl)c1. The molecule has 0 atom stereocenters. The third kappa shape index (κ3) is 4.18. The zero-order valence-corrected chi connectivity index (χ0v) is 7.64. The van der Waals surface area contributed by atoms with E-state index in [0.29, 0.717) is 16.8 Å². The predicted molar refractivity (Wildman–Crippen MR) is 47.6 cm³/mol. The molecule has 0 saturated carbocycles. The first-order valence-corrected chi connectivity index (χ1v) is 4.02. The van der Waals surface area contributed by atoms with Crippen LogP contribution < -0.4 is 0 Å². The summed E-state index contributed by atoms with van der Waals surface area (Å²) in [6.07, 6.45) is -2.89. The van der Waals surface area contributed by atoms with Crippen molar-refractivity contribution in [3.8, 4) is 0 Å². The maximum Gasteiger partial charge on any atom is 0.572 e. The standard InChI is InChI=1S/C9H6ClF3O/c10-8-3-1-2-7(6-8)4-5-14-9(11,12)13/h1-6H. The highest BCUT2D eigenvalue weighted by molar-refractivity contribution is 6.30. The molecule has 1 aromatic rings. The van der Waals surface area contributed by atoms with Gasteiger partial charge in [0.25, 0.3) is 0 Å². The van der Waals surface area contributed by atoms with E-state index >= 15 is 0 Å². The lowest BCUT2D eigenvalue weighted by Gasteiger charge is -2.02. The number of alkyl halides is 3. The van der Waals surface area contributed by atoms with E-state index in [1.54, 1.807) is 18.2 Å². The van der Waals surface area contributed by atoms with Crippen LogP contribution in [0.2, 0.25) is 5.02 Å². The van der Waals surface area contributed by atoms with E-state index in [1.807, 2.05) is 0 Å². The molecule has 76 valence electrons. The lowest BCUT2D eigenvalue weighted by atomic mass is 10.2. The molecular formula is C9H6ClF3O. The van der Waals surface area contributed by atoms with Crippen molar-refractivity contribution in [2.75, 3.05) is 0 Å². The number of ether oxygens (including phenoxy) is 1. The molecule has 0 amide bonds. The first-order valence-electron chi connectivity index (χ1n) is 3.64. The van der Waals surface area contributed by atoms with Gasteiger partial charge in [0.15, 0.2) is 0 Å². The van der Waals surface area contributed by atoms with Gasteiger partial charge in [0.1, 0.15) is 0 Å². The summed E-state index contributed by atoms with van der Waals surface area (Å²) in [4.78, 5) is 0. The molecule has 0 N–H and O–H groups in total. The smallest absolute Gasteiger partial charge is 0.414 e. The Kier molecular flexibility index (Phi) is 3.41. The second kappa shape index (κ2) is 4.37. The number of hydrogen-bond acceptors (Lipinski definition) is 1. The van der Waals surface area contributed by atoms with Crippen molar-refractivity contribution in [1.29, 1.82) is 0 Å². The molecule has 1 aromatic carbocycles. The van der Waals surface area contributed by atoms with Gasteiger partial charge >= 0.3 is 6.36 Å². The van der Waals surface area contributed by atoms with E-state index in [9.17, 15) is 13.2 Å². The summed E-state index contributed by atoms with van der Waals surface area (Å²) >= 11 is 5.62. The van der Waals surface area contributed by atoms with E-state index in [-0.39, 0.29) is 0 Å². The van der Waals surface area contributed by atoms with E-state index in [1.165, 1.54) is 12.1 Å². The molecule has 1 rings (SSSR count). The third-order valence-corrected chi connectivity index (χ3v) is 1.55. The molecule has 5 heteroatoms. The van der Waals surface area contributed by atoms with Gasteiger partial charge < -0.3 is 4.74 Å². The maximum absolute atomic E-state index is 11.5. The van der Waals surface area contributed by atoms with E-state index in [4.69, 9.17) is 11.6 Å². The minimum Gasteiger partial charge on any atom is -0.414 e. The van der Waals surface area contributed by atoms with Crippen molar-refractivity contribution in [2.45, 2.75) is 6.36 Å². The van der Waals surface area contributed by atoms with Crippen LogP contribution in [0.3, 0.4) is 0 Å². The first-order chi connectivity index (χ1) is 6.47. The number of rotatable bonds is 2. The van der Waals surface area contributed by atoms with Crippen LogP contribution in [0, 0.1) is 0 Å². The van der Waals surface area contributed by atoms with Crippen molar-refractivity contribution >= 4 is 17.7 Å². The molecule has 0 spiro atoms.